The smallest absolute Gasteiger partial charge is 0.271 e. The van der Waals surface area contributed by atoms with Gasteiger partial charge in [-0.1, -0.05) is 24.3 Å². The number of non-ortho nitro benzene ring substituents is 1. The number of benzene rings is 2. The summed E-state index contributed by atoms with van der Waals surface area (Å²) in [6, 6.07) is 12.6. The monoisotopic (exact) mass is 418 g/mol. The number of carbonyl (C=O) groups excluding carboxylic acids is 3. The van der Waals surface area contributed by atoms with Gasteiger partial charge in [-0.15, -0.1) is 0 Å². The lowest BCUT2D eigenvalue weighted by atomic mass is 9.75. The van der Waals surface area contributed by atoms with Gasteiger partial charge >= 0.3 is 0 Å². The first-order chi connectivity index (χ1) is 15.0. The molecule has 3 fully saturated rings. The molecule has 4 atom stereocenters. The zero-order valence-corrected chi connectivity index (χ0v) is 16.4. The highest BCUT2D eigenvalue weighted by molar-refractivity contribution is 6.25. The van der Waals surface area contributed by atoms with Gasteiger partial charge in [0.05, 0.1) is 22.4 Å². The molecular weight excluding hydrogens is 400 g/mol. The number of nitro benzene ring substituents is 1. The molecule has 1 spiro atoms. The second-order valence-electron chi connectivity index (χ2n) is 8.46. The molecule has 0 saturated carbocycles. The van der Waals surface area contributed by atoms with E-state index in [-0.39, 0.29) is 29.2 Å². The van der Waals surface area contributed by atoms with E-state index >= 15 is 0 Å². The van der Waals surface area contributed by atoms with Crippen LogP contribution in [0.1, 0.15) is 18.4 Å². The number of hydrogen-bond donors (Lipinski definition) is 1. The Morgan fingerprint density at radius 1 is 1.06 bits per heavy atom. The zero-order valence-electron chi connectivity index (χ0n) is 16.4. The Morgan fingerprint density at radius 2 is 1.87 bits per heavy atom. The average molecular weight is 418 g/mol. The number of imide groups is 1. The number of carbonyl (C=O) groups is 3. The number of anilines is 2. The maximum Gasteiger partial charge on any atom is 0.271 e. The molecule has 6 rings (SSSR count). The van der Waals surface area contributed by atoms with Crippen molar-refractivity contribution < 1.29 is 19.3 Å². The Morgan fingerprint density at radius 3 is 2.68 bits per heavy atom. The fourth-order valence-corrected chi connectivity index (χ4v) is 6.16. The van der Waals surface area contributed by atoms with Gasteiger partial charge in [0.1, 0.15) is 5.54 Å². The van der Waals surface area contributed by atoms with E-state index in [2.05, 4.69) is 5.32 Å². The Bertz CT molecular complexity index is 1200. The topological polar surface area (TPSA) is 113 Å². The summed E-state index contributed by atoms with van der Waals surface area (Å²) >= 11 is 0. The van der Waals surface area contributed by atoms with Crippen LogP contribution in [-0.4, -0.2) is 40.1 Å². The van der Waals surface area contributed by atoms with Gasteiger partial charge in [-0.05, 0) is 31.5 Å². The first-order valence-electron chi connectivity index (χ1n) is 10.3. The number of amides is 3. The van der Waals surface area contributed by atoms with Crippen molar-refractivity contribution in [2.24, 2.45) is 11.8 Å². The fourth-order valence-electron chi connectivity index (χ4n) is 6.16. The third-order valence-electron chi connectivity index (χ3n) is 7.20. The molecule has 2 aromatic rings. The normalized spacial score (nSPS) is 31.2. The van der Waals surface area contributed by atoms with Crippen molar-refractivity contribution in [3.63, 3.8) is 0 Å². The molecule has 4 heterocycles. The van der Waals surface area contributed by atoms with Crippen molar-refractivity contribution in [3.05, 3.63) is 64.2 Å². The lowest BCUT2D eigenvalue weighted by Gasteiger charge is -2.36. The molecule has 4 aliphatic rings. The maximum absolute atomic E-state index is 13.8. The summed E-state index contributed by atoms with van der Waals surface area (Å²) in [5, 5.41) is 14.1. The van der Waals surface area contributed by atoms with Gasteiger partial charge in [-0.25, -0.2) is 4.90 Å². The van der Waals surface area contributed by atoms with Crippen LogP contribution < -0.4 is 10.2 Å². The van der Waals surface area contributed by atoms with Crippen molar-refractivity contribution in [2.45, 2.75) is 24.4 Å². The summed E-state index contributed by atoms with van der Waals surface area (Å²) in [7, 11) is 0. The summed E-state index contributed by atoms with van der Waals surface area (Å²) in [5.41, 5.74) is 0.126. The van der Waals surface area contributed by atoms with Crippen LogP contribution in [0.5, 0.6) is 0 Å². The molecule has 2 aromatic carbocycles. The van der Waals surface area contributed by atoms with Crippen molar-refractivity contribution in [1.29, 1.82) is 0 Å². The Hall–Kier alpha value is -3.59. The van der Waals surface area contributed by atoms with Gasteiger partial charge < -0.3 is 5.32 Å². The molecule has 0 unspecified atom stereocenters. The number of fused-ring (bicyclic) bond motifs is 7. The molecule has 31 heavy (non-hydrogen) atoms. The predicted octanol–water partition coefficient (Wildman–Crippen LogP) is 2.03. The van der Waals surface area contributed by atoms with E-state index in [9.17, 15) is 24.5 Å². The number of nitro groups is 1. The lowest BCUT2D eigenvalue weighted by molar-refractivity contribution is -0.384. The van der Waals surface area contributed by atoms with Gasteiger partial charge in [-0.3, -0.25) is 29.4 Å². The molecule has 3 saturated heterocycles. The average Bonchev–Trinajstić information content (AvgIpc) is 3.46. The zero-order chi connectivity index (χ0) is 21.5. The van der Waals surface area contributed by atoms with Gasteiger partial charge in [0, 0.05) is 29.4 Å². The Labute approximate surface area is 176 Å². The summed E-state index contributed by atoms with van der Waals surface area (Å²) in [6.45, 7) is 0.636. The third kappa shape index (κ3) is 2.06. The lowest BCUT2D eigenvalue weighted by Crippen LogP contribution is -2.54. The standard InChI is InChI=1S/C22H18N4O5/c27-19-17-16-9-4-10-24(16)22(14-7-1-2-8-15(14)23-21(22)29)18(17)20(28)25(19)12-5-3-6-13(11-12)26(30)31/h1-3,5-8,11,16-18H,4,9-10H2,(H,23,29)/t16-,17-,18+,22+/m1/s1. The molecule has 156 valence electrons. The van der Waals surface area contributed by atoms with Gasteiger partial charge in [-0.2, -0.15) is 0 Å². The van der Waals surface area contributed by atoms with E-state index < -0.39 is 28.2 Å². The minimum Gasteiger partial charge on any atom is -0.324 e. The molecule has 0 aliphatic carbocycles. The number of hydrogen-bond acceptors (Lipinski definition) is 6. The van der Waals surface area contributed by atoms with E-state index in [4.69, 9.17) is 0 Å². The molecule has 0 bridgehead atoms. The first-order valence-corrected chi connectivity index (χ1v) is 10.3. The van der Waals surface area contributed by atoms with Crippen LogP contribution in [0.25, 0.3) is 0 Å². The second-order valence-corrected chi connectivity index (χ2v) is 8.46. The van der Waals surface area contributed by atoms with Crippen LogP contribution in [0.3, 0.4) is 0 Å². The second kappa shape index (κ2) is 5.98. The molecule has 3 amide bonds. The van der Waals surface area contributed by atoms with E-state index in [0.717, 1.165) is 23.3 Å². The number of rotatable bonds is 2. The number of para-hydroxylation sites is 1. The highest BCUT2D eigenvalue weighted by atomic mass is 16.6. The fraction of sp³-hybridized carbons (Fsp3) is 0.318. The van der Waals surface area contributed by atoms with E-state index in [1.54, 1.807) is 6.07 Å². The number of nitrogens with one attached hydrogen (secondary N) is 1. The molecule has 1 N–H and O–H groups in total. The number of nitrogens with zero attached hydrogens (tertiary/aromatic N) is 3. The largest absolute Gasteiger partial charge is 0.324 e. The van der Waals surface area contributed by atoms with Gasteiger partial charge in [0.15, 0.2) is 0 Å². The van der Waals surface area contributed by atoms with Crippen LogP contribution in [-0.2, 0) is 19.9 Å². The van der Waals surface area contributed by atoms with E-state index in [1.807, 2.05) is 23.1 Å². The summed E-state index contributed by atoms with van der Waals surface area (Å²) in [6.07, 6.45) is 1.56. The minimum absolute atomic E-state index is 0.171. The third-order valence-corrected chi connectivity index (χ3v) is 7.20. The van der Waals surface area contributed by atoms with E-state index in [1.165, 1.54) is 24.3 Å². The summed E-state index contributed by atoms with van der Waals surface area (Å²) < 4.78 is 0. The highest BCUT2D eigenvalue weighted by Crippen LogP contribution is 2.60. The minimum atomic E-state index is -1.23. The van der Waals surface area contributed by atoms with Crippen LogP contribution in [0.2, 0.25) is 0 Å². The van der Waals surface area contributed by atoms with Crippen molar-refractivity contribution in [3.8, 4) is 0 Å². The first kappa shape index (κ1) is 18.2. The molecular formula is C22H18N4O5. The molecule has 0 aromatic heterocycles. The van der Waals surface area contributed by atoms with Crippen LogP contribution >= 0.6 is 0 Å². The Balaban J connectivity index is 1.53. The van der Waals surface area contributed by atoms with Crippen LogP contribution in [0.4, 0.5) is 17.1 Å². The Kier molecular flexibility index (Phi) is 3.51. The highest BCUT2D eigenvalue weighted by Gasteiger charge is 2.74. The van der Waals surface area contributed by atoms with Crippen molar-refractivity contribution >= 4 is 34.8 Å². The van der Waals surface area contributed by atoms with Crippen LogP contribution in [0, 0.1) is 22.0 Å². The molecule has 9 heteroatoms. The molecule has 0 radical (unpaired) electrons. The summed E-state index contributed by atoms with van der Waals surface area (Å²) in [4.78, 5) is 54.5. The van der Waals surface area contributed by atoms with Gasteiger partial charge in [0.25, 0.3) is 5.69 Å². The van der Waals surface area contributed by atoms with Crippen molar-refractivity contribution in [1.82, 2.24) is 4.90 Å². The van der Waals surface area contributed by atoms with Crippen molar-refractivity contribution in [2.75, 3.05) is 16.8 Å². The molecule has 4 aliphatic heterocycles. The van der Waals surface area contributed by atoms with Crippen LogP contribution in [0.15, 0.2) is 48.5 Å². The molecule has 9 nitrogen and oxygen atoms in total. The quantitative estimate of drug-likeness (QED) is 0.454. The SMILES string of the molecule is O=C1[C@@H]2[C@H]3CCCN3[C@]3(C(=O)Nc4ccccc43)[C@@H]2C(=O)N1c1cccc([N+](=O)[O-])c1. The summed E-state index contributed by atoms with van der Waals surface area (Å²) in [5.74, 6) is -2.67. The van der Waals surface area contributed by atoms with E-state index in [0.29, 0.717) is 12.2 Å². The predicted molar refractivity (Wildman–Crippen MR) is 109 cm³/mol. The maximum atomic E-state index is 13.8. The van der Waals surface area contributed by atoms with Gasteiger partial charge in [0.2, 0.25) is 17.7 Å².